The first-order valence-corrected chi connectivity index (χ1v) is 4.32. The van der Waals surface area contributed by atoms with E-state index in [1.807, 2.05) is 0 Å². The lowest BCUT2D eigenvalue weighted by molar-refractivity contribution is 0.192. The average molecular weight is 251 g/mol. The third-order valence-electron chi connectivity index (χ3n) is 1.63. The van der Waals surface area contributed by atoms with Gasteiger partial charge in [-0.25, -0.2) is 4.39 Å². The Bertz CT molecular complexity index is 339. The molecule has 0 spiro atoms. The molecular weight excluding hydrogens is 243 g/mol. The van der Waals surface area contributed by atoms with Gasteiger partial charge in [0, 0.05) is 11.6 Å². The van der Waals surface area contributed by atoms with Crippen LogP contribution >= 0.6 is 15.9 Å². The molecular formula is C8H8BrFO3. The summed E-state index contributed by atoms with van der Waals surface area (Å²) in [5.41, 5.74) is -0.0738. The molecule has 1 rings (SSSR count). The summed E-state index contributed by atoms with van der Waals surface area (Å²) in [6.07, 6.45) is -1.05. The second-order valence-electron chi connectivity index (χ2n) is 2.63. The zero-order valence-electron chi connectivity index (χ0n) is 6.75. The summed E-state index contributed by atoms with van der Waals surface area (Å²) in [6, 6.07) is 0.752. The van der Waals surface area contributed by atoms with E-state index in [0.29, 0.717) is 0 Å². The summed E-state index contributed by atoms with van der Waals surface area (Å²) < 4.78 is 13.1. The van der Waals surface area contributed by atoms with Crippen LogP contribution in [0, 0.1) is 5.82 Å². The minimum absolute atomic E-state index is 0.0278. The zero-order chi connectivity index (χ0) is 10.2. The molecule has 1 aromatic carbocycles. The number of halogens is 2. The summed E-state index contributed by atoms with van der Waals surface area (Å²) in [5.74, 6) is -1.80. The smallest absolute Gasteiger partial charge is 0.172 e. The molecule has 13 heavy (non-hydrogen) atoms. The largest absolute Gasteiger partial charge is 0.504 e. The van der Waals surface area contributed by atoms with E-state index in [0.717, 1.165) is 6.07 Å². The monoisotopic (exact) mass is 250 g/mol. The number of aliphatic hydroxyl groups excluding tert-OH is 1. The van der Waals surface area contributed by atoms with Crippen molar-refractivity contribution in [2.75, 3.05) is 0 Å². The third kappa shape index (κ3) is 1.76. The maximum Gasteiger partial charge on any atom is 0.172 e. The molecule has 0 aliphatic rings. The summed E-state index contributed by atoms with van der Waals surface area (Å²) in [6.45, 7) is 1.36. The van der Waals surface area contributed by atoms with Crippen LogP contribution in [-0.4, -0.2) is 15.3 Å². The van der Waals surface area contributed by atoms with E-state index in [1.54, 1.807) is 0 Å². The molecule has 0 radical (unpaired) electrons. The Morgan fingerprint density at radius 3 is 2.46 bits per heavy atom. The molecule has 0 bridgehead atoms. The number of phenolic OH excluding ortho intramolecular Hbond substituents is 2. The highest BCUT2D eigenvalue weighted by Crippen LogP contribution is 2.39. The Morgan fingerprint density at radius 1 is 1.46 bits per heavy atom. The van der Waals surface area contributed by atoms with Crippen molar-refractivity contribution in [3.8, 4) is 11.5 Å². The Kier molecular flexibility index (Phi) is 2.77. The van der Waals surface area contributed by atoms with Gasteiger partial charge in [-0.2, -0.15) is 0 Å². The molecule has 0 aliphatic carbocycles. The summed E-state index contributed by atoms with van der Waals surface area (Å²) in [5, 5.41) is 27.3. The average Bonchev–Trinajstić information content (AvgIpc) is 1.99. The molecule has 0 fully saturated rings. The van der Waals surface area contributed by atoms with Gasteiger partial charge in [0.2, 0.25) is 0 Å². The first-order valence-electron chi connectivity index (χ1n) is 3.53. The fourth-order valence-corrected chi connectivity index (χ4v) is 1.72. The van der Waals surface area contributed by atoms with Gasteiger partial charge < -0.3 is 15.3 Å². The van der Waals surface area contributed by atoms with Crippen molar-refractivity contribution in [1.29, 1.82) is 0 Å². The summed E-state index contributed by atoms with van der Waals surface area (Å²) >= 11 is 2.87. The highest BCUT2D eigenvalue weighted by atomic mass is 79.9. The molecule has 72 valence electrons. The standard InChI is InChI=1S/C8H8BrFO3/c1-3(11)6-4(10)2-5(12)8(13)7(6)9/h2-3,11-13H,1H3. The summed E-state index contributed by atoms with van der Waals surface area (Å²) in [7, 11) is 0. The van der Waals surface area contributed by atoms with Gasteiger partial charge in [0.1, 0.15) is 5.82 Å². The van der Waals surface area contributed by atoms with Gasteiger partial charge in [-0.15, -0.1) is 0 Å². The molecule has 1 aromatic rings. The number of phenols is 2. The van der Waals surface area contributed by atoms with Crippen LogP contribution in [0.15, 0.2) is 10.5 Å². The Labute approximate surface area is 82.6 Å². The fourth-order valence-electron chi connectivity index (χ4n) is 0.994. The van der Waals surface area contributed by atoms with Gasteiger partial charge in [0.15, 0.2) is 11.5 Å². The van der Waals surface area contributed by atoms with E-state index in [2.05, 4.69) is 15.9 Å². The molecule has 0 aliphatic heterocycles. The molecule has 0 heterocycles. The quantitative estimate of drug-likeness (QED) is 0.669. The van der Waals surface area contributed by atoms with Crippen molar-refractivity contribution in [1.82, 2.24) is 0 Å². The lowest BCUT2D eigenvalue weighted by Crippen LogP contribution is -1.97. The Hall–Kier alpha value is -0.810. The van der Waals surface area contributed by atoms with Crippen molar-refractivity contribution in [2.24, 2.45) is 0 Å². The summed E-state index contributed by atoms with van der Waals surface area (Å²) in [4.78, 5) is 0. The van der Waals surface area contributed by atoms with E-state index in [9.17, 15) is 9.50 Å². The second kappa shape index (κ2) is 3.51. The third-order valence-corrected chi connectivity index (χ3v) is 2.43. The minimum Gasteiger partial charge on any atom is -0.504 e. The number of aliphatic hydroxyl groups is 1. The van der Waals surface area contributed by atoms with Crippen molar-refractivity contribution in [2.45, 2.75) is 13.0 Å². The lowest BCUT2D eigenvalue weighted by Gasteiger charge is -2.11. The zero-order valence-corrected chi connectivity index (χ0v) is 8.34. The van der Waals surface area contributed by atoms with E-state index < -0.39 is 23.4 Å². The normalized spacial score (nSPS) is 12.9. The lowest BCUT2D eigenvalue weighted by atomic mass is 10.1. The molecule has 1 unspecified atom stereocenters. The maximum atomic E-state index is 13.1. The van der Waals surface area contributed by atoms with Crippen molar-refractivity contribution < 1.29 is 19.7 Å². The van der Waals surface area contributed by atoms with Crippen LogP contribution in [0.5, 0.6) is 11.5 Å². The number of hydrogen-bond donors (Lipinski definition) is 3. The molecule has 1 atom stereocenters. The number of benzene rings is 1. The Balaban J connectivity index is 3.44. The minimum atomic E-state index is -1.05. The highest BCUT2D eigenvalue weighted by molar-refractivity contribution is 9.10. The molecule has 0 amide bonds. The number of hydrogen-bond acceptors (Lipinski definition) is 3. The van der Waals surface area contributed by atoms with Crippen LogP contribution in [0.25, 0.3) is 0 Å². The van der Waals surface area contributed by atoms with Gasteiger partial charge in [-0.3, -0.25) is 0 Å². The van der Waals surface area contributed by atoms with Crippen molar-refractivity contribution >= 4 is 15.9 Å². The van der Waals surface area contributed by atoms with Gasteiger partial charge in [-0.05, 0) is 22.9 Å². The predicted molar refractivity (Wildman–Crippen MR) is 48.1 cm³/mol. The van der Waals surface area contributed by atoms with Crippen molar-refractivity contribution in [3.05, 3.63) is 21.9 Å². The molecule has 3 nitrogen and oxygen atoms in total. The Morgan fingerprint density at radius 2 is 2.00 bits per heavy atom. The van der Waals surface area contributed by atoms with Gasteiger partial charge >= 0.3 is 0 Å². The van der Waals surface area contributed by atoms with Crippen LogP contribution in [0.3, 0.4) is 0 Å². The van der Waals surface area contributed by atoms with E-state index in [4.69, 9.17) is 10.2 Å². The van der Waals surface area contributed by atoms with Crippen LogP contribution in [0.4, 0.5) is 4.39 Å². The predicted octanol–water partition coefficient (Wildman–Crippen LogP) is 2.05. The van der Waals surface area contributed by atoms with Crippen LogP contribution < -0.4 is 0 Å². The first-order chi connectivity index (χ1) is 5.95. The molecule has 0 aromatic heterocycles. The molecule has 3 N–H and O–H groups in total. The SMILES string of the molecule is CC(O)c1c(F)cc(O)c(O)c1Br. The van der Waals surface area contributed by atoms with Crippen LogP contribution in [0.2, 0.25) is 0 Å². The van der Waals surface area contributed by atoms with Gasteiger partial charge in [0.25, 0.3) is 0 Å². The first kappa shape index (κ1) is 10.3. The maximum absolute atomic E-state index is 13.1. The molecule has 0 saturated heterocycles. The number of rotatable bonds is 1. The fraction of sp³-hybridized carbons (Fsp3) is 0.250. The van der Waals surface area contributed by atoms with Crippen molar-refractivity contribution in [3.63, 3.8) is 0 Å². The van der Waals surface area contributed by atoms with Crippen LogP contribution in [-0.2, 0) is 0 Å². The van der Waals surface area contributed by atoms with E-state index in [-0.39, 0.29) is 10.0 Å². The number of aromatic hydroxyl groups is 2. The van der Waals surface area contributed by atoms with E-state index in [1.165, 1.54) is 6.92 Å². The van der Waals surface area contributed by atoms with E-state index >= 15 is 0 Å². The topological polar surface area (TPSA) is 60.7 Å². The molecule has 5 heteroatoms. The highest BCUT2D eigenvalue weighted by Gasteiger charge is 2.18. The molecule has 0 saturated carbocycles. The van der Waals surface area contributed by atoms with Crippen LogP contribution in [0.1, 0.15) is 18.6 Å². The second-order valence-corrected chi connectivity index (χ2v) is 3.42. The van der Waals surface area contributed by atoms with Gasteiger partial charge in [0.05, 0.1) is 10.6 Å². The van der Waals surface area contributed by atoms with Gasteiger partial charge in [-0.1, -0.05) is 0 Å².